The van der Waals surface area contributed by atoms with E-state index in [1.165, 1.54) is 0 Å². The summed E-state index contributed by atoms with van der Waals surface area (Å²) in [6.45, 7) is 10.6. The molecular weight excluding hydrogens is 194 g/mol. The van der Waals surface area contributed by atoms with Crippen molar-refractivity contribution in [1.29, 1.82) is 0 Å². The maximum absolute atomic E-state index is 10.6. The molecule has 0 bridgehead atoms. The van der Waals surface area contributed by atoms with Crippen LogP contribution >= 0.6 is 0 Å². The molecule has 0 heterocycles. The number of carbonyl (C=O) groups is 1. The van der Waals surface area contributed by atoms with E-state index in [1.54, 1.807) is 0 Å². The Hall–Kier alpha value is -0.770. The fourth-order valence-electron chi connectivity index (χ4n) is 0.557. The van der Waals surface area contributed by atoms with Crippen LogP contribution in [0.5, 0.6) is 0 Å². The van der Waals surface area contributed by atoms with Crippen molar-refractivity contribution < 1.29 is 14.6 Å². The number of hydrogen-bond donors (Lipinski definition) is 2. The largest absolute Gasteiger partial charge is 0.447 e. The van der Waals surface area contributed by atoms with Gasteiger partial charge in [-0.3, -0.25) is 0 Å². The van der Waals surface area contributed by atoms with E-state index in [9.17, 15) is 4.79 Å². The monoisotopic (exact) mass is 221 g/mol. The summed E-state index contributed by atoms with van der Waals surface area (Å²) in [5.41, 5.74) is 0. The standard InChI is InChI=1S/C7H15NO3.2C2H6/c1-2-3-4-8-7(10)11-6-5-9;2*1-2/h9H,2-6H2,1H3,(H,8,10);2*1-2H3. The lowest BCUT2D eigenvalue weighted by molar-refractivity contribution is 0.119. The molecule has 0 aliphatic carbocycles. The van der Waals surface area contributed by atoms with E-state index in [0.29, 0.717) is 6.54 Å². The molecule has 15 heavy (non-hydrogen) atoms. The van der Waals surface area contributed by atoms with Gasteiger partial charge in [0, 0.05) is 6.54 Å². The Morgan fingerprint density at radius 3 is 2.20 bits per heavy atom. The first-order valence-electron chi connectivity index (χ1n) is 5.82. The molecule has 0 saturated carbocycles. The maximum atomic E-state index is 10.6. The molecule has 0 radical (unpaired) electrons. The Kier molecular flexibility index (Phi) is 30.6. The Morgan fingerprint density at radius 2 is 1.80 bits per heavy atom. The van der Waals surface area contributed by atoms with Crippen LogP contribution in [0, 0.1) is 0 Å². The van der Waals surface area contributed by atoms with Crippen molar-refractivity contribution in [2.24, 2.45) is 0 Å². The van der Waals surface area contributed by atoms with E-state index in [-0.39, 0.29) is 13.2 Å². The highest BCUT2D eigenvalue weighted by molar-refractivity contribution is 5.66. The highest BCUT2D eigenvalue weighted by Gasteiger charge is 1.97. The minimum atomic E-state index is -0.451. The lowest BCUT2D eigenvalue weighted by Gasteiger charge is -2.03. The summed E-state index contributed by atoms with van der Waals surface area (Å²) < 4.78 is 4.54. The van der Waals surface area contributed by atoms with Gasteiger partial charge in [-0.2, -0.15) is 0 Å². The lowest BCUT2D eigenvalue weighted by Crippen LogP contribution is -2.26. The number of ether oxygens (including phenoxy) is 1. The van der Waals surface area contributed by atoms with E-state index in [1.807, 2.05) is 34.6 Å². The van der Waals surface area contributed by atoms with Gasteiger partial charge in [-0.05, 0) is 6.42 Å². The first-order valence-corrected chi connectivity index (χ1v) is 5.82. The second-order valence-electron chi connectivity index (χ2n) is 2.14. The molecule has 0 unspecified atom stereocenters. The first-order chi connectivity index (χ1) is 7.31. The third-order valence-corrected chi connectivity index (χ3v) is 1.12. The zero-order valence-electron chi connectivity index (χ0n) is 10.8. The molecule has 4 heteroatoms. The quantitative estimate of drug-likeness (QED) is 0.701. The molecule has 0 aliphatic heterocycles. The zero-order valence-corrected chi connectivity index (χ0v) is 10.8. The number of hydrogen-bond acceptors (Lipinski definition) is 3. The van der Waals surface area contributed by atoms with Crippen LogP contribution in [-0.4, -0.2) is 31.0 Å². The summed E-state index contributed by atoms with van der Waals surface area (Å²) in [6.07, 6.45) is 1.54. The average molecular weight is 221 g/mol. The topological polar surface area (TPSA) is 58.6 Å². The fraction of sp³-hybridized carbons (Fsp3) is 0.909. The van der Waals surface area contributed by atoms with Crippen molar-refractivity contribution in [3.05, 3.63) is 0 Å². The molecule has 0 rings (SSSR count). The molecule has 0 atom stereocenters. The Bertz CT molecular complexity index is 108. The van der Waals surface area contributed by atoms with Gasteiger partial charge in [-0.1, -0.05) is 41.0 Å². The van der Waals surface area contributed by atoms with Crippen molar-refractivity contribution in [3.63, 3.8) is 0 Å². The van der Waals surface area contributed by atoms with E-state index in [2.05, 4.69) is 10.1 Å². The molecule has 0 aromatic heterocycles. The minimum absolute atomic E-state index is 0.0674. The second-order valence-corrected chi connectivity index (χ2v) is 2.14. The molecule has 0 spiro atoms. The number of alkyl carbamates (subject to hydrolysis) is 1. The normalized spacial score (nSPS) is 7.60. The van der Waals surface area contributed by atoms with Crippen molar-refractivity contribution in [2.45, 2.75) is 47.5 Å². The third kappa shape index (κ3) is 24.6. The number of unbranched alkanes of at least 4 members (excludes halogenated alkanes) is 1. The Balaban J connectivity index is -0.000000318. The van der Waals surface area contributed by atoms with Gasteiger partial charge in [0.15, 0.2) is 0 Å². The summed E-state index contributed by atoms with van der Waals surface area (Å²) in [5, 5.41) is 10.8. The molecule has 0 aromatic carbocycles. The van der Waals surface area contributed by atoms with Crippen LogP contribution in [0.15, 0.2) is 0 Å². The predicted octanol–water partition coefficient (Wildman–Crippen LogP) is 2.56. The van der Waals surface area contributed by atoms with Crippen LogP contribution in [0.2, 0.25) is 0 Å². The van der Waals surface area contributed by atoms with Gasteiger partial charge in [-0.25, -0.2) is 4.79 Å². The molecule has 4 nitrogen and oxygen atoms in total. The zero-order chi connectivity index (χ0) is 12.5. The van der Waals surface area contributed by atoms with Crippen LogP contribution in [-0.2, 0) is 4.74 Å². The minimum Gasteiger partial charge on any atom is -0.447 e. The van der Waals surface area contributed by atoms with Gasteiger partial charge in [0.05, 0.1) is 6.61 Å². The summed E-state index contributed by atoms with van der Waals surface area (Å²) >= 11 is 0. The lowest BCUT2D eigenvalue weighted by atomic mass is 10.3. The third-order valence-electron chi connectivity index (χ3n) is 1.12. The summed E-state index contributed by atoms with van der Waals surface area (Å²) in [4.78, 5) is 10.6. The van der Waals surface area contributed by atoms with E-state index in [0.717, 1.165) is 12.8 Å². The molecular formula is C11H27NO3. The van der Waals surface area contributed by atoms with Crippen molar-refractivity contribution in [2.75, 3.05) is 19.8 Å². The van der Waals surface area contributed by atoms with Gasteiger partial charge in [-0.15, -0.1) is 0 Å². The smallest absolute Gasteiger partial charge is 0.407 e. The Morgan fingerprint density at radius 1 is 1.27 bits per heavy atom. The highest BCUT2D eigenvalue weighted by atomic mass is 16.6. The molecule has 0 saturated heterocycles. The Labute approximate surface area is 94.0 Å². The fourth-order valence-corrected chi connectivity index (χ4v) is 0.557. The number of rotatable bonds is 5. The number of amides is 1. The highest BCUT2D eigenvalue weighted by Crippen LogP contribution is 1.83. The predicted molar refractivity (Wildman–Crippen MR) is 64.0 cm³/mol. The van der Waals surface area contributed by atoms with Crippen LogP contribution in [0.1, 0.15) is 47.5 Å². The molecule has 0 aliphatic rings. The summed E-state index contributed by atoms with van der Waals surface area (Å²) in [5.74, 6) is 0. The van der Waals surface area contributed by atoms with Crippen LogP contribution in [0.25, 0.3) is 0 Å². The van der Waals surface area contributed by atoms with Gasteiger partial charge in [0.1, 0.15) is 6.61 Å². The summed E-state index contributed by atoms with van der Waals surface area (Å²) in [6, 6.07) is 0. The SMILES string of the molecule is CC.CC.CCCCNC(=O)OCCO. The number of aliphatic hydroxyl groups is 1. The van der Waals surface area contributed by atoms with Crippen LogP contribution < -0.4 is 5.32 Å². The molecule has 1 amide bonds. The van der Waals surface area contributed by atoms with Crippen LogP contribution in [0.4, 0.5) is 4.79 Å². The van der Waals surface area contributed by atoms with Crippen molar-refractivity contribution in [3.8, 4) is 0 Å². The average Bonchev–Trinajstić information content (AvgIpc) is 2.32. The maximum Gasteiger partial charge on any atom is 0.407 e. The molecule has 2 N–H and O–H groups in total. The van der Waals surface area contributed by atoms with Crippen molar-refractivity contribution >= 4 is 6.09 Å². The van der Waals surface area contributed by atoms with E-state index < -0.39 is 6.09 Å². The molecule has 0 fully saturated rings. The summed E-state index contributed by atoms with van der Waals surface area (Å²) in [7, 11) is 0. The first kappa shape index (κ1) is 19.7. The number of nitrogens with one attached hydrogen (secondary N) is 1. The van der Waals surface area contributed by atoms with Crippen LogP contribution in [0.3, 0.4) is 0 Å². The van der Waals surface area contributed by atoms with Gasteiger partial charge in [0.25, 0.3) is 0 Å². The van der Waals surface area contributed by atoms with E-state index >= 15 is 0 Å². The number of aliphatic hydroxyl groups excluding tert-OH is 1. The van der Waals surface area contributed by atoms with Gasteiger partial charge in [0.2, 0.25) is 0 Å². The van der Waals surface area contributed by atoms with Gasteiger partial charge >= 0.3 is 6.09 Å². The van der Waals surface area contributed by atoms with Gasteiger partial charge < -0.3 is 15.2 Å². The number of carbonyl (C=O) groups excluding carboxylic acids is 1. The van der Waals surface area contributed by atoms with Crippen molar-refractivity contribution in [1.82, 2.24) is 5.32 Å². The molecule has 0 aromatic rings. The second kappa shape index (κ2) is 23.2. The van der Waals surface area contributed by atoms with E-state index in [4.69, 9.17) is 5.11 Å². The molecule has 94 valence electrons.